The van der Waals surface area contributed by atoms with E-state index in [1.165, 1.54) is 0 Å². The fourth-order valence-electron chi connectivity index (χ4n) is 4.43. The van der Waals surface area contributed by atoms with Crippen LogP contribution in [0.25, 0.3) is 10.9 Å². The van der Waals surface area contributed by atoms with Crippen LogP contribution in [0.1, 0.15) is 57.3 Å². The summed E-state index contributed by atoms with van der Waals surface area (Å²) in [4.78, 5) is 42.4. The molecule has 1 aromatic heterocycles. The maximum absolute atomic E-state index is 13.2. The van der Waals surface area contributed by atoms with E-state index in [1.54, 1.807) is 20.6 Å². The zero-order valence-corrected chi connectivity index (χ0v) is 17.9. The summed E-state index contributed by atoms with van der Waals surface area (Å²) in [6, 6.07) is 7.59. The molecule has 1 fully saturated rings. The summed E-state index contributed by atoms with van der Waals surface area (Å²) in [5.74, 6) is -0.933. The van der Waals surface area contributed by atoms with Crippen LogP contribution < -0.4 is 0 Å². The van der Waals surface area contributed by atoms with E-state index in [2.05, 4.69) is 0 Å². The third-order valence-corrected chi connectivity index (χ3v) is 6.08. The van der Waals surface area contributed by atoms with Crippen molar-refractivity contribution in [3.05, 3.63) is 36.0 Å². The maximum Gasteiger partial charge on any atom is 0.295 e. The number of hydrogen-bond acceptors (Lipinski definition) is 3. The monoisotopic (exact) mass is 397 g/mol. The van der Waals surface area contributed by atoms with E-state index >= 15 is 0 Å². The zero-order chi connectivity index (χ0) is 21.1. The molecule has 0 bridgehead atoms. The van der Waals surface area contributed by atoms with Crippen LogP contribution in [0.2, 0.25) is 0 Å². The summed E-state index contributed by atoms with van der Waals surface area (Å²) in [6.07, 6.45) is 4.59. The largest absolute Gasteiger partial charge is 0.342 e. The summed E-state index contributed by atoms with van der Waals surface area (Å²) in [5, 5.41) is 0.718. The minimum Gasteiger partial charge on any atom is -0.342 e. The van der Waals surface area contributed by atoms with Gasteiger partial charge in [-0.25, -0.2) is 0 Å². The van der Waals surface area contributed by atoms with Gasteiger partial charge in [0.2, 0.25) is 5.91 Å². The van der Waals surface area contributed by atoms with E-state index in [9.17, 15) is 14.4 Å². The van der Waals surface area contributed by atoms with Gasteiger partial charge in [0.05, 0.1) is 5.56 Å². The minimum atomic E-state index is -0.490. The number of hydrogen-bond donors (Lipinski definition) is 0. The van der Waals surface area contributed by atoms with E-state index < -0.39 is 11.7 Å². The van der Waals surface area contributed by atoms with Crippen LogP contribution in [0.3, 0.4) is 0 Å². The number of Topliss-reactive ketones (excluding diaryl/α,β-unsaturated/α-hetero) is 1. The third kappa shape index (κ3) is 4.07. The molecule has 6 nitrogen and oxygen atoms in total. The number of rotatable bonds is 6. The molecule has 29 heavy (non-hydrogen) atoms. The quantitative estimate of drug-likeness (QED) is 0.554. The number of ketones is 1. The lowest BCUT2D eigenvalue weighted by Crippen LogP contribution is -2.50. The summed E-state index contributed by atoms with van der Waals surface area (Å²) >= 11 is 0. The Bertz CT molecular complexity index is 903. The molecule has 1 aliphatic heterocycles. The first-order chi connectivity index (χ1) is 13.9. The number of carbonyl (C=O) groups excluding carboxylic acids is 3. The van der Waals surface area contributed by atoms with Gasteiger partial charge in [0.25, 0.3) is 11.7 Å². The Kier molecular flexibility index (Phi) is 6.40. The van der Waals surface area contributed by atoms with Gasteiger partial charge in [0, 0.05) is 42.3 Å². The average molecular weight is 398 g/mol. The number of amides is 2. The van der Waals surface area contributed by atoms with Crippen molar-refractivity contribution in [1.29, 1.82) is 0 Å². The van der Waals surface area contributed by atoms with Crippen LogP contribution in [-0.2, 0) is 16.1 Å². The van der Waals surface area contributed by atoms with Crippen molar-refractivity contribution in [3.63, 3.8) is 0 Å². The molecule has 6 heteroatoms. The fraction of sp³-hybridized carbons (Fsp3) is 0.522. The Hall–Kier alpha value is -2.63. The molecular formula is C23H31N3O3. The molecule has 3 rings (SSSR count). The van der Waals surface area contributed by atoms with E-state index in [0.717, 1.165) is 30.2 Å². The van der Waals surface area contributed by atoms with Gasteiger partial charge in [0.1, 0.15) is 6.54 Å². The molecule has 1 saturated heterocycles. The molecular weight excluding hydrogens is 366 g/mol. The van der Waals surface area contributed by atoms with Crippen molar-refractivity contribution in [1.82, 2.24) is 14.4 Å². The summed E-state index contributed by atoms with van der Waals surface area (Å²) in [6.45, 7) is 9.35. The lowest BCUT2D eigenvalue weighted by Gasteiger charge is -2.38. The standard InChI is InChI=1S/C23H31N3O3/c1-5-24(6-2)21(27)15-25-14-19(18-12-7-8-13-20(18)25)22(28)23(29)26-16(3)10-9-11-17(26)4/h7-8,12-14,16-17H,5-6,9-11,15H2,1-4H3/t16-,17+. The molecule has 2 aromatic rings. The highest BCUT2D eigenvalue weighted by molar-refractivity contribution is 6.45. The number of fused-ring (bicyclic) bond motifs is 1. The van der Waals surface area contributed by atoms with Crippen LogP contribution in [0.4, 0.5) is 0 Å². The van der Waals surface area contributed by atoms with E-state index in [0.29, 0.717) is 18.7 Å². The summed E-state index contributed by atoms with van der Waals surface area (Å²) < 4.78 is 1.79. The van der Waals surface area contributed by atoms with Crippen LogP contribution >= 0.6 is 0 Å². The minimum absolute atomic E-state index is 0.000599. The third-order valence-electron chi connectivity index (χ3n) is 6.08. The predicted octanol–water partition coefficient (Wildman–Crippen LogP) is 3.48. The SMILES string of the molecule is CCN(CC)C(=O)Cn1cc(C(=O)C(=O)N2[C@H](C)CCC[C@@H]2C)c2ccccc21. The topological polar surface area (TPSA) is 62.6 Å². The molecule has 2 heterocycles. The van der Waals surface area contributed by atoms with E-state index in [-0.39, 0.29) is 24.5 Å². The zero-order valence-electron chi connectivity index (χ0n) is 17.9. The molecule has 0 aliphatic carbocycles. The van der Waals surface area contributed by atoms with Crippen molar-refractivity contribution in [2.24, 2.45) is 0 Å². The van der Waals surface area contributed by atoms with Crippen molar-refractivity contribution >= 4 is 28.5 Å². The lowest BCUT2D eigenvalue weighted by molar-refractivity contribution is -0.132. The van der Waals surface area contributed by atoms with Gasteiger partial charge in [-0.3, -0.25) is 14.4 Å². The predicted molar refractivity (Wildman–Crippen MR) is 114 cm³/mol. The molecule has 0 saturated carbocycles. The van der Waals surface area contributed by atoms with Crippen molar-refractivity contribution in [2.75, 3.05) is 13.1 Å². The Balaban J connectivity index is 1.94. The number of piperidine rings is 1. The molecule has 2 amide bonds. The molecule has 1 aromatic carbocycles. The van der Waals surface area contributed by atoms with Crippen molar-refractivity contribution in [3.8, 4) is 0 Å². The van der Waals surface area contributed by atoms with Gasteiger partial charge in [-0.1, -0.05) is 18.2 Å². The first-order valence-corrected chi connectivity index (χ1v) is 10.6. The highest BCUT2D eigenvalue weighted by atomic mass is 16.2. The molecule has 1 aliphatic rings. The van der Waals surface area contributed by atoms with Crippen molar-refractivity contribution in [2.45, 2.75) is 65.6 Å². The number of aromatic nitrogens is 1. The molecule has 156 valence electrons. The van der Waals surface area contributed by atoms with Gasteiger partial charge >= 0.3 is 0 Å². The van der Waals surface area contributed by atoms with Gasteiger partial charge in [-0.2, -0.15) is 0 Å². The van der Waals surface area contributed by atoms with E-state index in [4.69, 9.17) is 0 Å². The van der Waals surface area contributed by atoms with E-state index in [1.807, 2.05) is 52.0 Å². The average Bonchev–Trinajstić information content (AvgIpc) is 3.06. The molecule has 0 unspecified atom stereocenters. The van der Waals surface area contributed by atoms with Gasteiger partial charge in [-0.05, 0) is 53.0 Å². The van der Waals surface area contributed by atoms with Crippen LogP contribution in [0.5, 0.6) is 0 Å². The number of para-hydroxylation sites is 1. The Morgan fingerprint density at radius 2 is 1.66 bits per heavy atom. The normalized spacial score (nSPS) is 19.4. The van der Waals surface area contributed by atoms with Crippen LogP contribution in [0, 0.1) is 0 Å². The smallest absolute Gasteiger partial charge is 0.295 e. The number of nitrogens with zero attached hydrogens (tertiary/aromatic N) is 3. The Morgan fingerprint density at radius 1 is 1.03 bits per heavy atom. The first-order valence-electron chi connectivity index (χ1n) is 10.6. The second kappa shape index (κ2) is 8.80. The number of carbonyl (C=O) groups is 3. The van der Waals surface area contributed by atoms with Crippen LogP contribution in [0.15, 0.2) is 30.5 Å². The molecule has 0 N–H and O–H groups in total. The number of likely N-dealkylation sites (tertiary alicyclic amines) is 1. The van der Waals surface area contributed by atoms with Crippen LogP contribution in [-0.4, -0.2) is 57.1 Å². The Labute approximate surface area is 172 Å². The lowest BCUT2D eigenvalue weighted by atomic mass is 9.96. The molecule has 2 atom stereocenters. The first kappa shape index (κ1) is 21.1. The maximum atomic E-state index is 13.2. The molecule has 0 radical (unpaired) electrons. The highest BCUT2D eigenvalue weighted by Gasteiger charge is 2.34. The molecule has 0 spiro atoms. The Morgan fingerprint density at radius 3 is 2.28 bits per heavy atom. The highest BCUT2D eigenvalue weighted by Crippen LogP contribution is 2.26. The second-order valence-electron chi connectivity index (χ2n) is 7.92. The van der Waals surface area contributed by atoms with Gasteiger partial charge in [-0.15, -0.1) is 0 Å². The second-order valence-corrected chi connectivity index (χ2v) is 7.92. The van der Waals surface area contributed by atoms with Crippen molar-refractivity contribution < 1.29 is 14.4 Å². The van der Waals surface area contributed by atoms with Gasteiger partial charge in [0.15, 0.2) is 0 Å². The number of likely N-dealkylation sites (N-methyl/N-ethyl adjacent to an activating group) is 1. The summed E-state index contributed by atoms with van der Waals surface area (Å²) in [7, 11) is 0. The fourth-order valence-corrected chi connectivity index (χ4v) is 4.43. The number of benzene rings is 1. The van der Waals surface area contributed by atoms with Gasteiger partial charge < -0.3 is 14.4 Å². The summed E-state index contributed by atoms with van der Waals surface area (Å²) in [5.41, 5.74) is 1.17.